The van der Waals surface area contributed by atoms with Gasteiger partial charge in [-0.1, -0.05) is 47.7 Å². The zero-order chi connectivity index (χ0) is 17.6. The van der Waals surface area contributed by atoms with Crippen molar-refractivity contribution in [1.82, 2.24) is 0 Å². The third kappa shape index (κ3) is 4.24. The van der Waals surface area contributed by atoms with Crippen LogP contribution in [0.1, 0.15) is 37.4 Å². The fourth-order valence-electron chi connectivity index (χ4n) is 2.89. The molecule has 1 aliphatic heterocycles. The maximum atomic E-state index is 13.9. The molecule has 25 heavy (non-hydrogen) atoms. The summed E-state index contributed by atoms with van der Waals surface area (Å²) >= 11 is 0. The molecule has 0 spiro atoms. The summed E-state index contributed by atoms with van der Waals surface area (Å²) < 4.78 is 18.6. The lowest BCUT2D eigenvalue weighted by Gasteiger charge is -2.22. The summed E-state index contributed by atoms with van der Waals surface area (Å²) in [6, 6.07) is 6.62. The minimum absolute atomic E-state index is 0.256. The lowest BCUT2D eigenvalue weighted by atomic mass is 9.98. The second-order valence-electron chi connectivity index (χ2n) is 5.95. The molecule has 3 rings (SSSR count). The van der Waals surface area contributed by atoms with E-state index in [9.17, 15) is 9.18 Å². The largest absolute Gasteiger partial charge is 0.469 e. The molecular formula is C20H20FNO3. The minimum Gasteiger partial charge on any atom is -0.469 e. The van der Waals surface area contributed by atoms with Gasteiger partial charge in [0.05, 0.1) is 19.2 Å². The monoisotopic (exact) mass is 341 g/mol. The Bertz CT molecular complexity index is 777. The highest BCUT2D eigenvalue weighted by Crippen LogP contribution is 2.30. The van der Waals surface area contributed by atoms with Gasteiger partial charge in [-0.15, -0.1) is 0 Å². The van der Waals surface area contributed by atoms with Crippen LogP contribution in [-0.4, -0.2) is 18.8 Å². The van der Waals surface area contributed by atoms with Crippen molar-refractivity contribution in [1.29, 1.82) is 0 Å². The average molecular weight is 341 g/mol. The molecule has 0 amide bonds. The Morgan fingerprint density at radius 1 is 1.32 bits per heavy atom. The van der Waals surface area contributed by atoms with E-state index in [4.69, 9.17) is 9.57 Å². The summed E-state index contributed by atoms with van der Waals surface area (Å²) in [5.74, 6) is -0.526. The first-order valence-corrected chi connectivity index (χ1v) is 8.29. The molecule has 2 aliphatic rings. The average Bonchev–Trinajstić information content (AvgIpc) is 2.88. The number of benzene rings is 1. The topological polar surface area (TPSA) is 47.9 Å². The molecule has 0 aromatic heterocycles. The summed E-state index contributed by atoms with van der Waals surface area (Å²) in [5.41, 5.74) is 3.28. The number of methoxy groups -OCH3 is 1. The second kappa shape index (κ2) is 7.92. The maximum Gasteiger partial charge on any atom is 0.309 e. The molecule has 5 heteroatoms. The molecule has 1 aliphatic carbocycles. The van der Waals surface area contributed by atoms with Gasteiger partial charge in [0, 0.05) is 5.56 Å². The van der Waals surface area contributed by atoms with Crippen LogP contribution in [0.2, 0.25) is 0 Å². The number of ether oxygens (including phenoxy) is 1. The number of oxime groups is 1. The van der Waals surface area contributed by atoms with E-state index in [1.165, 1.54) is 13.2 Å². The number of esters is 1. The Morgan fingerprint density at radius 2 is 2.16 bits per heavy atom. The Hall–Kier alpha value is -2.69. The molecule has 0 radical (unpaired) electrons. The minimum atomic E-state index is -0.353. The Kier molecular flexibility index (Phi) is 5.43. The molecule has 1 atom stereocenters. The SMILES string of the molecule is COC(=O)CC1=CCC=C(C2=NOC(c3ccccc3F)CC2)C=C1. The number of carbonyl (C=O) groups is 1. The molecule has 1 aromatic rings. The van der Waals surface area contributed by atoms with E-state index in [1.54, 1.807) is 18.2 Å². The zero-order valence-corrected chi connectivity index (χ0v) is 14.1. The van der Waals surface area contributed by atoms with E-state index in [0.717, 1.165) is 16.9 Å². The number of hydrogen-bond donors (Lipinski definition) is 0. The van der Waals surface area contributed by atoms with E-state index in [1.807, 2.05) is 24.3 Å². The lowest BCUT2D eigenvalue weighted by molar-refractivity contribution is -0.139. The summed E-state index contributed by atoms with van der Waals surface area (Å²) in [4.78, 5) is 16.9. The van der Waals surface area contributed by atoms with Gasteiger partial charge >= 0.3 is 5.97 Å². The van der Waals surface area contributed by atoms with Crippen molar-refractivity contribution in [3.63, 3.8) is 0 Å². The third-order valence-corrected chi connectivity index (χ3v) is 4.29. The summed E-state index contributed by atoms with van der Waals surface area (Å²) in [7, 11) is 1.38. The molecule has 4 nitrogen and oxygen atoms in total. The third-order valence-electron chi connectivity index (χ3n) is 4.29. The van der Waals surface area contributed by atoms with Gasteiger partial charge in [0.25, 0.3) is 0 Å². The van der Waals surface area contributed by atoms with Gasteiger partial charge in [-0.25, -0.2) is 4.39 Å². The molecular weight excluding hydrogens is 321 g/mol. The molecule has 1 aromatic carbocycles. The van der Waals surface area contributed by atoms with Crippen LogP contribution in [0.5, 0.6) is 0 Å². The maximum absolute atomic E-state index is 13.9. The Labute approximate surface area is 146 Å². The molecule has 0 bridgehead atoms. The number of halogens is 1. The number of hydrogen-bond acceptors (Lipinski definition) is 4. The van der Waals surface area contributed by atoms with Crippen LogP contribution in [-0.2, 0) is 14.4 Å². The second-order valence-corrected chi connectivity index (χ2v) is 5.95. The Balaban J connectivity index is 1.66. The quantitative estimate of drug-likeness (QED) is 0.762. The van der Waals surface area contributed by atoms with E-state index >= 15 is 0 Å². The summed E-state index contributed by atoms with van der Waals surface area (Å²) in [6.07, 6.45) is 9.88. The van der Waals surface area contributed by atoms with Gasteiger partial charge in [0.1, 0.15) is 5.82 Å². The van der Waals surface area contributed by atoms with Crippen LogP contribution in [0, 0.1) is 5.82 Å². The molecule has 1 unspecified atom stereocenters. The van der Waals surface area contributed by atoms with Crippen molar-refractivity contribution >= 4 is 11.7 Å². The predicted molar refractivity (Wildman–Crippen MR) is 93.5 cm³/mol. The first kappa shape index (κ1) is 17.1. The highest BCUT2D eigenvalue weighted by Gasteiger charge is 2.23. The van der Waals surface area contributed by atoms with Gasteiger partial charge < -0.3 is 9.57 Å². The van der Waals surface area contributed by atoms with Crippen molar-refractivity contribution in [3.05, 3.63) is 71.1 Å². The van der Waals surface area contributed by atoms with Crippen molar-refractivity contribution in [2.24, 2.45) is 5.16 Å². The molecule has 0 fully saturated rings. The van der Waals surface area contributed by atoms with Crippen LogP contribution in [0.25, 0.3) is 0 Å². The number of carbonyl (C=O) groups excluding carboxylic acids is 1. The molecule has 0 N–H and O–H groups in total. The van der Waals surface area contributed by atoms with E-state index in [0.29, 0.717) is 24.8 Å². The normalized spacial score (nSPS) is 19.9. The fourth-order valence-corrected chi connectivity index (χ4v) is 2.89. The van der Waals surface area contributed by atoms with E-state index in [-0.39, 0.29) is 24.3 Å². The highest BCUT2D eigenvalue weighted by molar-refractivity contribution is 6.02. The fraction of sp³-hybridized carbons (Fsp3) is 0.300. The predicted octanol–water partition coefficient (Wildman–Crippen LogP) is 4.41. The van der Waals surface area contributed by atoms with Gasteiger partial charge in [-0.3, -0.25) is 4.79 Å². The van der Waals surface area contributed by atoms with Gasteiger partial charge in [0.15, 0.2) is 6.10 Å². The van der Waals surface area contributed by atoms with E-state index in [2.05, 4.69) is 5.16 Å². The molecule has 130 valence electrons. The van der Waals surface area contributed by atoms with Gasteiger partial charge in [-0.2, -0.15) is 0 Å². The highest BCUT2D eigenvalue weighted by atomic mass is 19.1. The number of allylic oxidation sites excluding steroid dienone is 5. The Morgan fingerprint density at radius 3 is 2.88 bits per heavy atom. The standard InChI is InChI=1S/C20H20FNO3/c1-24-20(23)13-14-5-4-6-15(10-9-14)18-11-12-19(25-22-18)16-7-2-3-8-17(16)21/h2-3,5-10,19H,4,11-13H2,1H3. The number of nitrogens with zero attached hydrogens (tertiary/aromatic N) is 1. The van der Waals surface area contributed by atoms with Crippen molar-refractivity contribution in [3.8, 4) is 0 Å². The van der Waals surface area contributed by atoms with E-state index < -0.39 is 0 Å². The smallest absolute Gasteiger partial charge is 0.309 e. The van der Waals surface area contributed by atoms with Crippen molar-refractivity contribution in [2.45, 2.75) is 31.8 Å². The van der Waals surface area contributed by atoms with Crippen LogP contribution >= 0.6 is 0 Å². The van der Waals surface area contributed by atoms with Gasteiger partial charge in [0.2, 0.25) is 0 Å². The summed E-state index contributed by atoms with van der Waals surface area (Å²) in [5, 5.41) is 4.21. The first-order chi connectivity index (χ1) is 12.2. The van der Waals surface area contributed by atoms with Crippen LogP contribution in [0.15, 0.2) is 64.9 Å². The molecule has 0 saturated carbocycles. The first-order valence-electron chi connectivity index (χ1n) is 8.29. The lowest BCUT2D eigenvalue weighted by Crippen LogP contribution is -2.15. The van der Waals surface area contributed by atoms with Crippen LogP contribution in [0.4, 0.5) is 4.39 Å². The zero-order valence-electron chi connectivity index (χ0n) is 14.1. The summed E-state index contributed by atoms with van der Waals surface area (Å²) in [6.45, 7) is 0. The van der Waals surface area contributed by atoms with Crippen molar-refractivity contribution < 1.29 is 18.8 Å². The van der Waals surface area contributed by atoms with Crippen molar-refractivity contribution in [2.75, 3.05) is 7.11 Å². The van der Waals surface area contributed by atoms with Crippen LogP contribution in [0.3, 0.4) is 0 Å². The molecule has 1 heterocycles. The van der Waals surface area contributed by atoms with Gasteiger partial charge in [-0.05, 0) is 36.5 Å². The molecule has 0 saturated heterocycles. The van der Waals surface area contributed by atoms with Crippen LogP contribution < -0.4 is 0 Å². The number of rotatable bonds is 4.